The van der Waals surface area contributed by atoms with Gasteiger partial charge in [-0.15, -0.1) is 24.8 Å². The fraction of sp³-hybridized carbons (Fsp3) is 0.571. The summed E-state index contributed by atoms with van der Waals surface area (Å²) in [4.78, 5) is 1.58. The van der Waals surface area contributed by atoms with Crippen molar-refractivity contribution in [1.29, 1.82) is 0 Å². The third kappa shape index (κ3) is 6.66. The summed E-state index contributed by atoms with van der Waals surface area (Å²) in [7, 11) is 0. The molecule has 140 valence electrons. The van der Waals surface area contributed by atoms with Crippen LogP contribution in [0.25, 0.3) is 0 Å². The Hall–Kier alpha value is -0.700. The van der Waals surface area contributed by atoms with Crippen molar-refractivity contribution in [2.75, 3.05) is 26.2 Å². The van der Waals surface area contributed by atoms with Gasteiger partial charge in [0.2, 0.25) is 0 Å². The fourth-order valence-corrected chi connectivity index (χ4v) is 2.59. The Morgan fingerprint density at radius 1 is 1.00 bits per heavy atom. The van der Waals surface area contributed by atoms with Crippen LogP contribution in [0.3, 0.4) is 0 Å². The third-order valence-electron chi connectivity index (χ3n) is 3.62. The van der Waals surface area contributed by atoms with Gasteiger partial charge in [0, 0.05) is 32.2 Å². The molecule has 0 unspecified atom stereocenters. The van der Waals surface area contributed by atoms with Crippen molar-refractivity contribution in [3.63, 3.8) is 0 Å². The maximum absolute atomic E-state index is 12.8. The first-order valence-electron chi connectivity index (χ1n) is 6.85. The maximum Gasteiger partial charge on any atom is 0.416 e. The fourth-order valence-electron chi connectivity index (χ4n) is 2.59. The van der Waals surface area contributed by atoms with Crippen LogP contribution in [0.15, 0.2) is 24.3 Å². The van der Waals surface area contributed by atoms with E-state index >= 15 is 0 Å². The molecule has 0 aliphatic carbocycles. The molecule has 1 aliphatic rings. The number of alkyl halides is 6. The molecule has 1 aromatic carbocycles. The third-order valence-corrected chi connectivity index (χ3v) is 3.62. The lowest BCUT2D eigenvalue weighted by Crippen LogP contribution is -2.46. The Morgan fingerprint density at radius 2 is 1.58 bits per heavy atom. The molecule has 1 aliphatic heterocycles. The molecule has 0 aromatic heterocycles. The Morgan fingerprint density at radius 3 is 2.08 bits per heavy atom. The van der Waals surface area contributed by atoms with Gasteiger partial charge in [-0.3, -0.25) is 4.90 Å². The number of piperazine rings is 1. The molecule has 0 spiro atoms. The molecule has 1 atom stereocenters. The Labute approximate surface area is 148 Å². The lowest BCUT2D eigenvalue weighted by Gasteiger charge is -2.35. The van der Waals surface area contributed by atoms with E-state index in [1.165, 1.54) is 6.07 Å². The van der Waals surface area contributed by atoms with Crippen LogP contribution in [0, 0.1) is 0 Å². The van der Waals surface area contributed by atoms with Gasteiger partial charge in [0.1, 0.15) is 0 Å². The lowest BCUT2D eigenvalue weighted by atomic mass is 9.98. The van der Waals surface area contributed by atoms with E-state index < -0.39 is 30.4 Å². The van der Waals surface area contributed by atoms with Crippen molar-refractivity contribution >= 4 is 24.8 Å². The molecule has 0 radical (unpaired) electrons. The summed E-state index contributed by atoms with van der Waals surface area (Å²) < 4.78 is 76.7. The van der Waals surface area contributed by atoms with Gasteiger partial charge in [0.15, 0.2) is 0 Å². The largest absolute Gasteiger partial charge is 0.416 e. The van der Waals surface area contributed by atoms with Crippen molar-refractivity contribution in [2.45, 2.75) is 24.8 Å². The highest BCUT2D eigenvalue weighted by atomic mass is 35.5. The average molecular weight is 399 g/mol. The van der Waals surface area contributed by atoms with Gasteiger partial charge in [0.05, 0.1) is 12.0 Å². The van der Waals surface area contributed by atoms with E-state index in [0.29, 0.717) is 26.2 Å². The molecule has 1 heterocycles. The summed E-state index contributed by atoms with van der Waals surface area (Å²) in [6.07, 6.45) is -10.2. The topological polar surface area (TPSA) is 15.3 Å². The van der Waals surface area contributed by atoms with E-state index in [0.717, 1.165) is 18.2 Å². The van der Waals surface area contributed by atoms with Gasteiger partial charge in [0.25, 0.3) is 0 Å². The van der Waals surface area contributed by atoms with Gasteiger partial charge in [-0.05, 0) is 17.7 Å². The SMILES string of the molecule is Cl.Cl.FC(F)(F)C[C@H](c1cccc(C(F)(F)F)c1)N1CCNCC1. The molecule has 1 N–H and O–H groups in total. The number of hydrogen-bond donors (Lipinski definition) is 1. The monoisotopic (exact) mass is 398 g/mol. The Bertz CT molecular complexity index is 501. The number of hydrogen-bond acceptors (Lipinski definition) is 2. The van der Waals surface area contributed by atoms with Crippen molar-refractivity contribution in [3.8, 4) is 0 Å². The first kappa shape index (κ1) is 23.3. The van der Waals surface area contributed by atoms with Crippen molar-refractivity contribution in [1.82, 2.24) is 10.2 Å². The second kappa shape index (κ2) is 9.12. The van der Waals surface area contributed by atoms with Gasteiger partial charge in [-0.1, -0.05) is 12.1 Å². The first-order valence-corrected chi connectivity index (χ1v) is 6.85. The Balaban J connectivity index is 0.00000264. The molecule has 1 saturated heterocycles. The molecule has 0 saturated carbocycles. The van der Waals surface area contributed by atoms with Gasteiger partial charge in [-0.2, -0.15) is 26.3 Å². The lowest BCUT2D eigenvalue weighted by molar-refractivity contribution is -0.148. The predicted octanol–water partition coefficient (Wildman–Crippen LogP) is 4.45. The minimum absolute atomic E-state index is 0. The van der Waals surface area contributed by atoms with Crippen LogP contribution < -0.4 is 5.32 Å². The maximum atomic E-state index is 12.8. The minimum Gasteiger partial charge on any atom is -0.314 e. The van der Waals surface area contributed by atoms with E-state index in [2.05, 4.69) is 5.32 Å². The van der Waals surface area contributed by atoms with Crippen LogP contribution in [-0.4, -0.2) is 37.3 Å². The highest BCUT2D eigenvalue weighted by Crippen LogP contribution is 2.36. The molecular formula is C14H18Cl2F6N2. The number of nitrogens with one attached hydrogen (secondary N) is 1. The zero-order chi connectivity index (χ0) is 16.4. The molecule has 24 heavy (non-hydrogen) atoms. The second-order valence-corrected chi connectivity index (χ2v) is 5.24. The van der Waals surface area contributed by atoms with E-state index in [9.17, 15) is 26.3 Å². The van der Waals surface area contributed by atoms with E-state index in [4.69, 9.17) is 0 Å². The molecule has 2 nitrogen and oxygen atoms in total. The minimum atomic E-state index is -4.57. The highest BCUT2D eigenvalue weighted by molar-refractivity contribution is 5.85. The van der Waals surface area contributed by atoms with E-state index in [1.807, 2.05) is 0 Å². The summed E-state index contributed by atoms with van der Waals surface area (Å²) in [6.45, 7) is 1.79. The van der Waals surface area contributed by atoms with Crippen molar-refractivity contribution in [3.05, 3.63) is 35.4 Å². The standard InChI is InChI=1S/C14H16F6N2.2ClH/c15-13(16,17)9-12(22-6-4-21-5-7-22)10-2-1-3-11(8-10)14(18,19)20;;/h1-3,8,12,21H,4-7,9H2;2*1H/t12-;;/m1../s1. The zero-order valence-corrected chi connectivity index (χ0v) is 14.1. The smallest absolute Gasteiger partial charge is 0.314 e. The summed E-state index contributed by atoms with van der Waals surface area (Å²) in [5.41, 5.74) is -0.874. The zero-order valence-electron chi connectivity index (χ0n) is 12.5. The van der Waals surface area contributed by atoms with Crippen LogP contribution in [0.4, 0.5) is 26.3 Å². The summed E-state index contributed by atoms with van der Waals surface area (Å²) in [6, 6.07) is 3.08. The van der Waals surface area contributed by atoms with Crippen LogP contribution in [0.5, 0.6) is 0 Å². The van der Waals surface area contributed by atoms with Crippen molar-refractivity contribution in [2.24, 2.45) is 0 Å². The molecule has 2 rings (SSSR count). The molecular weight excluding hydrogens is 381 g/mol. The van der Waals surface area contributed by atoms with Crippen LogP contribution in [0.1, 0.15) is 23.6 Å². The first-order chi connectivity index (χ1) is 10.2. The summed E-state index contributed by atoms with van der Waals surface area (Å²) in [5, 5.41) is 3.02. The highest BCUT2D eigenvalue weighted by Gasteiger charge is 2.37. The molecule has 1 fully saturated rings. The molecule has 0 amide bonds. The quantitative estimate of drug-likeness (QED) is 0.756. The van der Waals surface area contributed by atoms with Gasteiger partial charge < -0.3 is 5.32 Å². The van der Waals surface area contributed by atoms with Gasteiger partial charge in [-0.25, -0.2) is 0 Å². The molecule has 0 bridgehead atoms. The Kier molecular flexibility index (Phi) is 8.86. The number of benzene rings is 1. The second-order valence-electron chi connectivity index (χ2n) is 5.24. The predicted molar refractivity (Wildman–Crippen MR) is 83.8 cm³/mol. The van der Waals surface area contributed by atoms with E-state index in [1.54, 1.807) is 4.90 Å². The van der Waals surface area contributed by atoms with Crippen LogP contribution >= 0.6 is 24.8 Å². The van der Waals surface area contributed by atoms with Crippen LogP contribution in [-0.2, 0) is 6.18 Å². The number of halogens is 8. The average Bonchev–Trinajstić information content (AvgIpc) is 2.44. The normalized spacial score (nSPS) is 17.6. The van der Waals surface area contributed by atoms with Crippen LogP contribution in [0.2, 0.25) is 0 Å². The summed E-state index contributed by atoms with van der Waals surface area (Å²) >= 11 is 0. The molecule has 10 heteroatoms. The number of rotatable bonds is 3. The van der Waals surface area contributed by atoms with Gasteiger partial charge >= 0.3 is 12.4 Å². The van der Waals surface area contributed by atoms with Crippen molar-refractivity contribution < 1.29 is 26.3 Å². The number of nitrogens with zero attached hydrogens (tertiary/aromatic N) is 1. The molecule has 1 aromatic rings. The van der Waals surface area contributed by atoms with E-state index in [-0.39, 0.29) is 30.4 Å². The summed E-state index contributed by atoms with van der Waals surface area (Å²) in [5.74, 6) is 0.